The fourth-order valence-electron chi connectivity index (χ4n) is 4.07. The van der Waals surface area contributed by atoms with E-state index in [9.17, 15) is 24.0 Å². The van der Waals surface area contributed by atoms with Gasteiger partial charge in [0, 0.05) is 13.0 Å². The number of hydrogen-bond acceptors (Lipinski definition) is 5. The van der Waals surface area contributed by atoms with Crippen LogP contribution in [-0.2, 0) is 24.0 Å². The lowest BCUT2D eigenvalue weighted by Gasteiger charge is -2.37. The second-order valence-corrected chi connectivity index (χ2v) is 8.86. The zero-order chi connectivity index (χ0) is 23.2. The van der Waals surface area contributed by atoms with E-state index in [-0.39, 0.29) is 30.6 Å². The van der Waals surface area contributed by atoms with Crippen LogP contribution in [0.15, 0.2) is 0 Å². The van der Waals surface area contributed by atoms with Gasteiger partial charge in [-0.1, -0.05) is 27.2 Å². The Balaban J connectivity index is 2.43. The van der Waals surface area contributed by atoms with Gasteiger partial charge in [-0.25, -0.2) is 0 Å². The molecule has 2 aliphatic heterocycles. The maximum atomic E-state index is 13.4. The highest BCUT2D eigenvalue weighted by Gasteiger charge is 2.44. The normalized spacial score (nSPS) is 31.0. The summed E-state index contributed by atoms with van der Waals surface area (Å²) in [5.74, 6) is -1.64. The van der Waals surface area contributed by atoms with Crippen molar-refractivity contribution in [2.45, 2.75) is 96.3 Å². The Morgan fingerprint density at radius 1 is 1.16 bits per heavy atom. The first-order chi connectivity index (χ1) is 14.7. The Kier molecular flexibility index (Phi) is 8.59. The maximum Gasteiger partial charge on any atom is 0.246 e. The monoisotopic (exact) mass is 436 g/mol. The van der Waals surface area contributed by atoms with Crippen molar-refractivity contribution in [1.82, 2.24) is 20.9 Å². The van der Waals surface area contributed by atoms with Gasteiger partial charge in [0.25, 0.3) is 0 Å². The van der Waals surface area contributed by atoms with Crippen molar-refractivity contribution in [2.24, 2.45) is 5.92 Å². The Labute approximate surface area is 184 Å². The van der Waals surface area contributed by atoms with E-state index >= 15 is 0 Å². The second-order valence-electron chi connectivity index (χ2n) is 8.86. The molecule has 9 nitrogen and oxygen atoms in total. The quantitative estimate of drug-likeness (QED) is 0.399. The zero-order valence-corrected chi connectivity index (χ0v) is 19.0. The number of nitrogens with one attached hydrogen (secondary N) is 3. The Bertz CT molecular complexity index is 712. The fraction of sp³-hybridized carbons (Fsp3) is 0.773. The topological polar surface area (TPSA) is 125 Å². The molecule has 0 aromatic heterocycles. The van der Waals surface area contributed by atoms with Gasteiger partial charge in [-0.05, 0) is 44.9 Å². The third kappa shape index (κ3) is 5.62. The first-order valence-corrected chi connectivity index (χ1v) is 11.4. The molecule has 0 bridgehead atoms. The summed E-state index contributed by atoms with van der Waals surface area (Å²) in [5, 5.41) is 8.43. The van der Waals surface area contributed by atoms with E-state index < -0.39 is 35.5 Å². The standard InChI is InChI=1S/C22H36N4O5/c1-5-14(3)17-20(30)26-12-9-11-16(26)19(29)23-15(10-7-8-13-27)18(28)25-22(4,6-2)21(31)24-17/h13-17H,5-12H2,1-4H3,(H,23,29)(H,24,31)(H,25,28)/t14-,15-,16+,17-,22-/m0/s1. The summed E-state index contributed by atoms with van der Waals surface area (Å²) < 4.78 is 0. The van der Waals surface area contributed by atoms with E-state index in [1.54, 1.807) is 13.8 Å². The summed E-state index contributed by atoms with van der Waals surface area (Å²) in [6, 6.07) is -2.32. The van der Waals surface area contributed by atoms with Crippen molar-refractivity contribution in [2.75, 3.05) is 6.54 Å². The van der Waals surface area contributed by atoms with Gasteiger partial charge in [-0.15, -0.1) is 0 Å². The lowest BCUT2D eigenvalue weighted by Crippen LogP contribution is -2.66. The number of amides is 4. The minimum absolute atomic E-state index is 0.128. The summed E-state index contributed by atoms with van der Waals surface area (Å²) in [4.78, 5) is 64.9. The van der Waals surface area contributed by atoms with Gasteiger partial charge in [0.2, 0.25) is 23.6 Å². The van der Waals surface area contributed by atoms with Crippen LogP contribution >= 0.6 is 0 Å². The SMILES string of the molecule is CC[C@H](C)[C@@H]1NC(=O)[C@](C)(CC)NC(=O)[C@H](CCCC=O)NC(=O)[C@H]2CCCN2C1=O. The molecule has 0 unspecified atom stereocenters. The summed E-state index contributed by atoms with van der Waals surface area (Å²) >= 11 is 0. The van der Waals surface area contributed by atoms with Gasteiger partial charge in [0.1, 0.15) is 30.0 Å². The first kappa shape index (κ1) is 24.8. The molecule has 2 rings (SSSR count). The van der Waals surface area contributed by atoms with Gasteiger partial charge in [-0.2, -0.15) is 0 Å². The Morgan fingerprint density at radius 2 is 1.87 bits per heavy atom. The van der Waals surface area contributed by atoms with Crippen LogP contribution < -0.4 is 16.0 Å². The number of carbonyl (C=O) groups is 5. The molecule has 2 fully saturated rings. The molecule has 0 aromatic carbocycles. The van der Waals surface area contributed by atoms with E-state index in [0.29, 0.717) is 38.6 Å². The Hall–Kier alpha value is -2.45. The molecule has 174 valence electrons. The highest BCUT2D eigenvalue weighted by Crippen LogP contribution is 2.23. The first-order valence-electron chi connectivity index (χ1n) is 11.4. The largest absolute Gasteiger partial charge is 0.343 e. The van der Waals surface area contributed by atoms with Crippen LogP contribution in [-0.4, -0.2) is 65.0 Å². The molecule has 0 saturated carbocycles. The van der Waals surface area contributed by atoms with Crippen LogP contribution in [0.25, 0.3) is 0 Å². The Morgan fingerprint density at radius 3 is 2.48 bits per heavy atom. The highest BCUT2D eigenvalue weighted by atomic mass is 16.2. The van der Waals surface area contributed by atoms with E-state index in [0.717, 1.165) is 6.29 Å². The van der Waals surface area contributed by atoms with Crippen molar-refractivity contribution >= 4 is 29.9 Å². The summed E-state index contributed by atoms with van der Waals surface area (Å²) in [6.45, 7) is 7.67. The summed E-state index contributed by atoms with van der Waals surface area (Å²) in [5.41, 5.74) is -1.24. The number of rotatable bonds is 7. The average Bonchev–Trinajstić information content (AvgIpc) is 3.24. The van der Waals surface area contributed by atoms with Gasteiger partial charge in [-0.3, -0.25) is 19.2 Å². The van der Waals surface area contributed by atoms with Crippen LogP contribution in [0.1, 0.15) is 72.6 Å². The van der Waals surface area contributed by atoms with Crippen molar-refractivity contribution in [3.05, 3.63) is 0 Å². The van der Waals surface area contributed by atoms with Gasteiger partial charge >= 0.3 is 0 Å². The van der Waals surface area contributed by atoms with Gasteiger partial charge in [0.15, 0.2) is 0 Å². The maximum absolute atomic E-state index is 13.4. The predicted molar refractivity (Wildman–Crippen MR) is 115 cm³/mol. The zero-order valence-electron chi connectivity index (χ0n) is 19.0. The molecule has 5 atom stereocenters. The van der Waals surface area contributed by atoms with Gasteiger partial charge in [0.05, 0.1) is 0 Å². The third-order valence-electron chi connectivity index (χ3n) is 6.66. The van der Waals surface area contributed by atoms with Crippen molar-refractivity contribution in [1.29, 1.82) is 0 Å². The van der Waals surface area contributed by atoms with Crippen molar-refractivity contribution < 1.29 is 24.0 Å². The molecular formula is C22H36N4O5. The minimum atomic E-state index is -1.24. The molecule has 0 spiro atoms. The molecule has 9 heteroatoms. The smallest absolute Gasteiger partial charge is 0.246 e. The fourth-order valence-corrected chi connectivity index (χ4v) is 4.07. The van der Waals surface area contributed by atoms with Crippen LogP contribution in [0.3, 0.4) is 0 Å². The number of aldehydes is 1. The molecule has 31 heavy (non-hydrogen) atoms. The number of fused-ring (bicyclic) bond motifs is 1. The molecule has 0 aliphatic carbocycles. The number of carbonyl (C=O) groups excluding carboxylic acids is 5. The number of hydrogen-bond donors (Lipinski definition) is 3. The lowest BCUT2D eigenvalue weighted by atomic mass is 9.92. The van der Waals surface area contributed by atoms with Crippen molar-refractivity contribution in [3.8, 4) is 0 Å². The van der Waals surface area contributed by atoms with Crippen LogP contribution in [0.5, 0.6) is 0 Å². The summed E-state index contributed by atoms with van der Waals surface area (Å²) in [6.07, 6.45) is 3.92. The molecule has 2 heterocycles. The molecule has 2 saturated heterocycles. The molecule has 0 aromatic rings. The molecule has 0 radical (unpaired) electrons. The molecule has 3 N–H and O–H groups in total. The van der Waals surface area contributed by atoms with Gasteiger partial charge < -0.3 is 25.6 Å². The van der Waals surface area contributed by atoms with E-state index in [1.165, 1.54) is 4.90 Å². The van der Waals surface area contributed by atoms with Crippen LogP contribution in [0.4, 0.5) is 0 Å². The van der Waals surface area contributed by atoms with E-state index in [2.05, 4.69) is 16.0 Å². The average molecular weight is 437 g/mol. The number of unbranched alkanes of at least 4 members (excludes halogenated alkanes) is 1. The molecule has 2 aliphatic rings. The van der Waals surface area contributed by atoms with Crippen LogP contribution in [0.2, 0.25) is 0 Å². The van der Waals surface area contributed by atoms with Crippen LogP contribution in [0, 0.1) is 5.92 Å². The lowest BCUT2D eigenvalue weighted by molar-refractivity contribution is -0.145. The highest BCUT2D eigenvalue weighted by molar-refractivity contribution is 5.99. The van der Waals surface area contributed by atoms with E-state index in [1.807, 2.05) is 13.8 Å². The van der Waals surface area contributed by atoms with Crippen molar-refractivity contribution in [3.63, 3.8) is 0 Å². The second kappa shape index (κ2) is 10.7. The minimum Gasteiger partial charge on any atom is -0.343 e. The third-order valence-corrected chi connectivity index (χ3v) is 6.66. The molecular weight excluding hydrogens is 400 g/mol. The molecule has 4 amide bonds. The van der Waals surface area contributed by atoms with E-state index in [4.69, 9.17) is 0 Å². The summed E-state index contributed by atoms with van der Waals surface area (Å²) in [7, 11) is 0. The predicted octanol–water partition coefficient (Wildman–Crippen LogP) is 0.661. The number of nitrogens with zero attached hydrogens (tertiary/aromatic N) is 1.